The molecule has 2 rings (SSSR count). The Morgan fingerprint density at radius 3 is 2.70 bits per heavy atom. The fraction of sp³-hybridized carbons (Fsp3) is 0.529. The van der Waals surface area contributed by atoms with E-state index in [2.05, 4.69) is 53.6 Å². The quantitative estimate of drug-likeness (QED) is 0.802. The number of benzene rings is 1. The lowest BCUT2D eigenvalue weighted by Crippen LogP contribution is -2.41. The molecule has 0 aliphatic carbocycles. The fourth-order valence-electron chi connectivity index (χ4n) is 2.56. The molecular formula is C17H25N3. The average molecular weight is 271 g/mol. The third-order valence-electron chi connectivity index (χ3n) is 3.50. The van der Waals surface area contributed by atoms with Crippen molar-refractivity contribution in [2.45, 2.75) is 38.8 Å². The molecule has 3 heteroatoms. The molecule has 1 aromatic rings. The first-order valence-electron chi connectivity index (χ1n) is 7.55. The van der Waals surface area contributed by atoms with Gasteiger partial charge in [0.15, 0.2) is 0 Å². The van der Waals surface area contributed by atoms with Crippen LogP contribution in [0, 0.1) is 11.8 Å². The molecule has 2 N–H and O–H groups in total. The van der Waals surface area contributed by atoms with Crippen molar-refractivity contribution in [3.63, 3.8) is 0 Å². The van der Waals surface area contributed by atoms with Crippen LogP contribution < -0.4 is 10.9 Å². The predicted molar refractivity (Wildman–Crippen MR) is 84.2 cm³/mol. The Kier molecular flexibility index (Phi) is 6.07. The summed E-state index contributed by atoms with van der Waals surface area (Å²) in [5.74, 6) is 6.54. The van der Waals surface area contributed by atoms with Crippen molar-refractivity contribution in [2.75, 3.05) is 19.6 Å². The SMILES string of the molecule is CCCN(CC#Cc1ccccc1)CC1CC(C)NN1. The normalized spacial score (nSPS) is 21.8. The van der Waals surface area contributed by atoms with Gasteiger partial charge < -0.3 is 0 Å². The van der Waals surface area contributed by atoms with Gasteiger partial charge in [0.2, 0.25) is 0 Å². The molecule has 2 unspecified atom stereocenters. The number of rotatable bonds is 5. The van der Waals surface area contributed by atoms with E-state index in [-0.39, 0.29) is 0 Å². The molecule has 2 atom stereocenters. The summed E-state index contributed by atoms with van der Waals surface area (Å²) in [7, 11) is 0. The van der Waals surface area contributed by atoms with E-state index in [1.807, 2.05) is 18.2 Å². The average Bonchev–Trinajstić information content (AvgIpc) is 2.85. The van der Waals surface area contributed by atoms with Crippen LogP contribution in [0.1, 0.15) is 32.3 Å². The van der Waals surface area contributed by atoms with E-state index in [0.717, 1.165) is 25.2 Å². The zero-order chi connectivity index (χ0) is 14.2. The van der Waals surface area contributed by atoms with Gasteiger partial charge in [-0.1, -0.05) is 37.0 Å². The highest BCUT2D eigenvalue weighted by Gasteiger charge is 2.21. The number of hydrogen-bond acceptors (Lipinski definition) is 3. The van der Waals surface area contributed by atoms with E-state index in [4.69, 9.17) is 0 Å². The monoisotopic (exact) mass is 271 g/mol. The van der Waals surface area contributed by atoms with E-state index < -0.39 is 0 Å². The van der Waals surface area contributed by atoms with Gasteiger partial charge in [-0.15, -0.1) is 0 Å². The first-order valence-corrected chi connectivity index (χ1v) is 7.55. The summed E-state index contributed by atoms with van der Waals surface area (Å²) in [4.78, 5) is 2.44. The van der Waals surface area contributed by atoms with Crippen LogP contribution in [0.4, 0.5) is 0 Å². The molecule has 1 aliphatic rings. The van der Waals surface area contributed by atoms with Crippen LogP contribution in [0.15, 0.2) is 30.3 Å². The molecule has 3 nitrogen and oxygen atoms in total. The zero-order valence-corrected chi connectivity index (χ0v) is 12.5. The molecular weight excluding hydrogens is 246 g/mol. The molecule has 1 aromatic carbocycles. The second-order valence-electron chi connectivity index (χ2n) is 5.53. The van der Waals surface area contributed by atoms with Gasteiger partial charge >= 0.3 is 0 Å². The molecule has 0 aromatic heterocycles. The Bertz CT molecular complexity index is 446. The fourth-order valence-corrected chi connectivity index (χ4v) is 2.56. The highest BCUT2D eigenvalue weighted by molar-refractivity contribution is 5.33. The van der Waals surface area contributed by atoms with Gasteiger partial charge in [-0.3, -0.25) is 15.8 Å². The standard InChI is InChI=1S/C17H25N3/c1-3-11-20(14-17-13-15(2)18-19-17)12-7-10-16-8-5-4-6-9-16/h4-6,8-9,15,17-19H,3,11-14H2,1-2H3. The molecule has 0 spiro atoms. The molecule has 20 heavy (non-hydrogen) atoms. The Hall–Kier alpha value is -1.34. The van der Waals surface area contributed by atoms with Gasteiger partial charge in [0.25, 0.3) is 0 Å². The van der Waals surface area contributed by atoms with Gasteiger partial charge in [-0.05, 0) is 38.4 Å². The number of nitrogens with one attached hydrogen (secondary N) is 2. The lowest BCUT2D eigenvalue weighted by molar-refractivity contribution is 0.274. The summed E-state index contributed by atoms with van der Waals surface area (Å²) in [6, 6.07) is 11.3. The number of hydrazine groups is 1. The molecule has 1 heterocycles. The Morgan fingerprint density at radius 1 is 1.25 bits per heavy atom. The number of nitrogens with zero attached hydrogens (tertiary/aromatic N) is 1. The van der Waals surface area contributed by atoms with E-state index in [1.54, 1.807) is 0 Å². The second kappa shape index (κ2) is 8.06. The summed E-state index contributed by atoms with van der Waals surface area (Å²) in [6.45, 7) is 7.45. The van der Waals surface area contributed by atoms with Crippen molar-refractivity contribution in [3.8, 4) is 11.8 Å². The minimum Gasteiger partial charge on any atom is -0.291 e. The maximum atomic E-state index is 3.36. The minimum absolute atomic E-state index is 0.537. The van der Waals surface area contributed by atoms with Crippen LogP contribution in [0.3, 0.4) is 0 Å². The first kappa shape index (κ1) is 15.1. The molecule has 1 fully saturated rings. The van der Waals surface area contributed by atoms with Gasteiger partial charge in [-0.25, -0.2) is 0 Å². The van der Waals surface area contributed by atoms with Gasteiger partial charge in [0, 0.05) is 24.2 Å². The Labute approximate surface area is 122 Å². The van der Waals surface area contributed by atoms with Gasteiger partial charge in [0.05, 0.1) is 6.54 Å². The van der Waals surface area contributed by atoms with Crippen molar-refractivity contribution >= 4 is 0 Å². The Balaban J connectivity index is 1.84. The lowest BCUT2D eigenvalue weighted by Gasteiger charge is -2.22. The molecule has 0 bridgehead atoms. The van der Waals surface area contributed by atoms with Gasteiger partial charge in [0.1, 0.15) is 0 Å². The van der Waals surface area contributed by atoms with Crippen LogP contribution in [0.25, 0.3) is 0 Å². The van der Waals surface area contributed by atoms with E-state index in [9.17, 15) is 0 Å². The minimum atomic E-state index is 0.537. The lowest BCUT2D eigenvalue weighted by atomic mass is 10.1. The predicted octanol–water partition coefficient (Wildman–Crippen LogP) is 2.01. The highest BCUT2D eigenvalue weighted by Crippen LogP contribution is 2.06. The van der Waals surface area contributed by atoms with Crippen molar-refractivity contribution in [2.24, 2.45) is 0 Å². The third-order valence-corrected chi connectivity index (χ3v) is 3.50. The topological polar surface area (TPSA) is 27.3 Å². The molecule has 0 amide bonds. The van der Waals surface area contributed by atoms with Crippen molar-refractivity contribution in [1.82, 2.24) is 15.8 Å². The third kappa shape index (κ3) is 4.97. The maximum Gasteiger partial charge on any atom is 0.0605 e. The summed E-state index contributed by atoms with van der Waals surface area (Å²) < 4.78 is 0. The van der Waals surface area contributed by atoms with E-state index in [0.29, 0.717) is 12.1 Å². The Morgan fingerprint density at radius 2 is 2.05 bits per heavy atom. The van der Waals surface area contributed by atoms with Crippen LogP contribution in [-0.2, 0) is 0 Å². The van der Waals surface area contributed by atoms with E-state index >= 15 is 0 Å². The zero-order valence-electron chi connectivity index (χ0n) is 12.5. The summed E-state index contributed by atoms with van der Waals surface area (Å²) in [5, 5.41) is 0. The first-order chi connectivity index (χ1) is 9.78. The largest absolute Gasteiger partial charge is 0.291 e. The maximum absolute atomic E-state index is 3.36. The number of hydrogen-bond donors (Lipinski definition) is 2. The smallest absolute Gasteiger partial charge is 0.0605 e. The van der Waals surface area contributed by atoms with Crippen LogP contribution in [0.5, 0.6) is 0 Å². The molecule has 1 aliphatic heterocycles. The van der Waals surface area contributed by atoms with Crippen LogP contribution in [-0.4, -0.2) is 36.6 Å². The van der Waals surface area contributed by atoms with Crippen LogP contribution >= 0.6 is 0 Å². The highest BCUT2D eigenvalue weighted by atomic mass is 15.4. The molecule has 0 saturated carbocycles. The molecule has 0 radical (unpaired) electrons. The second-order valence-corrected chi connectivity index (χ2v) is 5.53. The van der Waals surface area contributed by atoms with Crippen LogP contribution in [0.2, 0.25) is 0 Å². The summed E-state index contributed by atoms with van der Waals surface area (Å²) in [5.41, 5.74) is 7.75. The van der Waals surface area contributed by atoms with Crippen molar-refractivity contribution in [3.05, 3.63) is 35.9 Å². The summed E-state index contributed by atoms with van der Waals surface area (Å²) in [6.07, 6.45) is 2.36. The van der Waals surface area contributed by atoms with Crippen molar-refractivity contribution < 1.29 is 0 Å². The molecule has 108 valence electrons. The van der Waals surface area contributed by atoms with E-state index in [1.165, 1.54) is 12.8 Å². The van der Waals surface area contributed by atoms with Gasteiger partial charge in [-0.2, -0.15) is 0 Å². The van der Waals surface area contributed by atoms with Crippen molar-refractivity contribution in [1.29, 1.82) is 0 Å². The summed E-state index contributed by atoms with van der Waals surface area (Å²) >= 11 is 0. The molecule has 1 saturated heterocycles.